The van der Waals surface area contributed by atoms with Crippen LogP contribution in [0.2, 0.25) is 5.02 Å². The molecule has 1 saturated heterocycles. The zero-order chi connectivity index (χ0) is 17.5. The number of urea groups is 1. The predicted molar refractivity (Wildman–Crippen MR) is 103 cm³/mol. The number of hydrogen-bond donors (Lipinski definition) is 1. The zero-order valence-corrected chi connectivity index (χ0v) is 15.1. The lowest BCUT2D eigenvalue weighted by atomic mass is 10.1. The number of nitrogens with zero attached hydrogens (tertiary/aromatic N) is 2. The lowest BCUT2D eigenvalue weighted by molar-refractivity contribution is 0.194. The van der Waals surface area contributed by atoms with Crippen molar-refractivity contribution in [2.45, 2.75) is 12.8 Å². The summed E-state index contributed by atoms with van der Waals surface area (Å²) in [5.41, 5.74) is 2.43. The maximum Gasteiger partial charge on any atom is 0.317 e. The Morgan fingerprint density at radius 2 is 1.76 bits per heavy atom. The van der Waals surface area contributed by atoms with Crippen LogP contribution in [0.15, 0.2) is 54.6 Å². The van der Waals surface area contributed by atoms with Crippen LogP contribution in [0.5, 0.6) is 0 Å². The minimum absolute atomic E-state index is 0.0406. The highest BCUT2D eigenvalue weighted by molar-refractivity contribution is 6.30. The second-order valence-corrected chi connectivity index (χ2v) is 6.71. The van der Waals surface area contributed by atoms with Crippen LogP contribution >= 0.6 is 11.6 Å². The normalized spacial score (nSPS) is 14.4. The summed E-state index contributed by atoms with van der Waals surface area (Å²) in [5.74, 6) is 0. The molecule has 0 saturated carbocycles. The molecule has 1 aliphatic rings. The van der Waals surface area contributed by atoms with Gasteiger partial charge in [0.1, 0.15) is 0 Å². The third-order valence-corrected chi connectivity index (χ3v) is 4.74. The molecule has 0 bridgehead atoms. The van der Waals surface area contributed by atoms with Gasteiger partial charge in [-0.25, -0.2) is 4.79 Å². The molecule has 0 spiro atoms. The molecule has 1 fully saturated rings. The number of nitrogens with one attached hydrogen (secondary N) is 1. The van der Waals surface area contributed by atoms with Crippen LogP contribution in [0.3, 0.4) is 0 Å². The van der Waals surface area contributed by atoms with Crippen molar-refractivity contribution in [2.75, 3.05) is 37.6 Å². The van der Waals surface area contributed by atoms with E-state index in [1.54, 1.807) is 0 Å². The number of hydrogen-bond acceptors (Lipinski definition) is 2. The summed E-state index contributed by atoms with van der Waals surface area (Å²) in [6.07, 6.45) is 1.95. The SMILES string of the molecule is O=C(NCCCc1ccccc1)N1CCN(c2cccc(Cl)c2)CC1. The molecule has 0 aliphatic carbocycles. The first kappa shape index (κ1) is 17.6. The van der Waals surface area contributed by atoms with Crippen molar-refractivity contribution in [3.63, 3.8) is 0 Å². The molecule has 2 amide bonds. The highest BCUT2D eigenvalue weighted by Gasteiger charge is 2.20. The van der Waals surface area contributed by atoms with Gasteiger partial charge in [-0.1, -0.05) is 48.0 Å². The monoisotopic (exact) mass is 357 g/mol. The molecule has 0 atom stereocenters. The van der Waals surface area contributed by atoms with Crippen LogP contribution < -0.4 is 10.2 Å². The Hall–Kier alpha value is -2.20. The summed E-state index contributed by atoms with van der Waals surface area (Å²) < 4.78 is 0. The second kappa shape index (κ2) is 8.77. The maximum atomic E-state index is 12.3. The van der Waals surface area contributed by atoms with Crippen LogP contribution in [0.4, 0.5) is 10.5 Å². The van der Waals surface area contributed by atoms with Gasteiger partial charge in [-0.15, -0.1) is 0 Å². The highest BCUT2D eigenvalue weighted by atomic mass is 35.5. The highest BCUT2D eigenvalue weighted by Crippen LogP contribution is 2.20. The molecular weight excluding hydrogens is 334 g/mol. The zero-order valence-electron chi connectivity index (χ0n) is 14.3. The Morgan fingerprint density at radius 1 is 1.00 bits per heavy atom. The van der Waals surface area contributed by atoms with Gasteiger partial charge >= 0.3 is 6.03 Å². The Kier molecular flexibility index (Phi) is 6.18. The topological polar surface area (TPSA) is 35.6 Å². The van der Waals surface area contributed by atoms with Gasteiger partial charge in [-0.2, -0.15) is 0 Å². The summed E-state index contributed by atoms with van der Waals surface area (Å²) in [6, 6.07) is 18.3. The first-order valence-electron chi connectivity index (χ1n) is 8.79. The van der Waals surface area contributed by atoms with Crippen molar-refractivity contribution in [3.8, 4) is 0 Å². The molecule has 132 valence electrons. The van der Waals surface area contributed by atoms with Gasteiger partial charge < -0.3 is 15.1 Å². The van der Waals surface area contributed by atoms with Crippen molar-refractivity contribution in [2.24, 2.45) is 0 Å². The van der Waals surface area contributed by atoms with Gasteiger partial charge in [0, 0.05) is 43.4 Å². The van der Waals surface area contributed by atoms with Crippen molar-refractivity contribution >= 4 is 23.3 Å². The molecule has 2 aromatic rings. The van der Waals surface area contributed by atoms with Gasteiger partial charge in [-0.05, 0) is 36.6 Å². The Bertz CT molecular complexity index is 684. The van der Waals surface area contributed by atoms with Crippen molar-refractivity contribution < 1.29 is 4.79 Å². The first-order chi connectivity index (χ1) is 12.2. The summed E-state index contributed by atoms with van der Waals surface area (Å²) in [5, 5.41) is 3.78. The van der Waals surface area contributed by atoms with E-state index in [1.165, 1.54) is 5.56 Å². The summed E-state index contributed by atoms with van der Waals surface area (Å²) in [6.45, 7) is 3.84. The number of amides is 2. The molecule has 0 aromatic heterocycles. The molecule has 0 radical (unpaired) electrons. The molecule has 1 heterocycles. The van der Waals surface area contributed by atoms with Crippen molar-refractivity contribution in [3.05, 3.63) is 65.2 Å². The third kappa shape index (κ3) is 5.13. The largest absolute Gasteiger partial charge is 0.368 e. The van der Waals surface area contributed by atoms with Crippen LogP contribution in [0, 0.1) is 0 Å². The summed E-state index contributed by atoms with van der Waals surface area (Å²) in [7, 11) is 0. The minimum atomic E-state index is 0.0406. The van der Waals surface area contributed by atoms with E-state index in [1.807, 2.05) is 41.3 Å². The fraction of sp³-hybridized carbons (Fsp3) is 0.350. The predicted octanol–water partition coefficient (Wildman–Crippen LogP) is 3.80. The number of carbonyl (C=O) groups is 1. The van der Waals surface area contributed by atoms with E-state index in [0.717, 1.165) is 49.7 Å². The lowest BCUT2D eigenvalue weighted by Gasteiger charge is -2.36. The fourth-order valence-corrected chi connectivity index (χ4v) is 3.27. The Morgan fingerprint density at radius 3 is 2.48 bits per heavy atom. The smallest absolute Gasteiger partial charge is 0.317 e. The molecule has 2 aromatic carbocycles. The average molecular weight is 358 g/mol. The molecule has 25 heavy (non-hydrogen) atoms. The van der Waals surface area contributed by atoms with E-state index in [-0.39, 0.29) is 6.03 Å². The van der Waals surface area contributed by atoms with Crippen LogP contribution in [0.25, 0.3) is 0 Å². The average Bonchev–Trinajstić information content (AvgIpc) is 2.66. The molecule has 4 nitrogen and oxygen atoms in total. The van der Waals surface area contributed by atoms with Gasteiger partial charge in [0.05, 0.1) is 0 Å². The van der Waals surface area contributed by atoms with E-state index >= 15 is 0 Å². The Balaban J connectivity index is 1.38. The van der Waals surface area contributed by atoms with Crippen LogP contribution in [-0.2, 0) is 6.42 Å². The van der Waals surface area contributed by atoms with Crippen molar-refractivity contribution in [1.82, 2.24) is 10.2 Å². The number of benzene rings is 2. The van der Waals surface area contributed by atoms with Gasteiger partial charge in [0.25, 0.3) is 0 Å². The number of halogens is 1. The van der Waals surface area contributed by atoms with E-state index < -0.39 is 0 Å². The minimum Gasteiger partial charge on any atom is -0.368 e. The fourth-order valence-electron chi connectivity index (χ4n) is 3.08. The van der Waals surface area contributed by atoms with E-state index in [2.05, 4.69) is 28.4 Å². The Labute approximate surface area is 154 Å². The molecule has 3 rings (SSSR count). The number of piperazine rings is 1. The van der Waals surface area contributed by atoms with E-state index in [4.69, 9.17) is 11.6 Å². The molecule has 5 heteroatoms. The molecule has 0 unspecified atom stereocenters. The molecular formula is C20H24ClN3O. The van der Waals surface area contributed by atoms with Gasteiger partial charge in [0.2, 0.25) is 0 Å². The molecule has 1 aliphatic heterocycles. The molecule has 1 N–H and O–H groups in total. The van der Waals surface area contributed by atoms with Gasteiger partial charge in [-0.3, -0.25) is 0 Å². The summed E-state index contributed by atoms with van der Waals surface area (Å²) >= 11 is 6.06. The van der Waals surface area contributed by atoms with Crippen LogP contribution in [0.1, 0.15) is 12.0 Å². The van der Waals surface area contributed by atoms with Crippen molar-refractivity contribution in [1.29, 1.82) is 0 Å². The number of carbonyl (C=O) groups excluding carboxylic acids is 1. The number of anilines is 1. The maximum absolute atomic E-state index is 12.3. The second-order valence-electron chi connectivity index (χ2n) is 6.28. The number of rotatable bonds is 5. The van der Waals surface area contributed by atoms with Crippen LogP contribution in [-0.4, -0.2) is 43.7 Å². The van der Waals surface area contributed by atoms with E-state index in [0.29, 0.717) is 6.54 Å². The first-order valence-corrected chi connectivity index (χ1v) is 9.17. The van der Waals surface area contributed by atoms with E-state index in [9.17, 15) is 4.79 Å². The number of aryl methyl sites for hydroxylation is 1. The van der Waals surface area contributed by atoms with Gasteiger partial charge in [0.15, 0.2) is 0 Å². The third-order valence-electron chi connectivity index (χ3n) is 4.50. The lowest BCUT2D eigenvalue weighted by Crippen LogP contribution is -2.52. The summed E-state index contributed by atoms with van der Waals surface area (Å²) in [4.78, 5) is 16.4. The standard InChI is InChI=1S/C20H24ClN3O/c21-18-9-4-10-19(16-18)23-12-14-24(15-13-23)20(25)22-11-5-8-17-6-2-1-3-7-17/h1-4,6-7,9-10,16H,5,8,11-15H2,(H,22,25). The quantitative estimate of drug-likeness (QED) is 0.826.